The molecule has 0 spiro atoms. The number of aliphatic imine (C=N–C) groups is 1. The zero-order valence-corrected chi connectivity index (χ0v) is 17.9. The lowest BCUT2D eigenvalue weighted by molar-refractivity contribution is -0.122. The van der Waals surface area contributed by atoms with Crippen molar-refractivity contribution in [1.82, 2.24) is 5.32 Å². The average Bonchev–Trinajstić information content (AvgIpc) is 3.08. The maximum Gasteiger partial charge on any atom is 0.240 e. The van der Waals surface area contributed by atoms with Crippen molar-refractivity contribution in [3.63, 3.8) is 0 Å². The lowest BCUT2D eigenvalue weighted by Crippen LogP contribution is -2.28. The first-order chi connectivity index (χ1) is 14.6. The highest BCUT2D eigenvalue weighted by Gasteiger charge is 2.32. The van der Waals surface area contributed by atoms with Gasteiger partial charge in [0.1, 0.15) is 11.0 Å². The van der Waals surface area contributed by atoms with Crippen LogP contribution in [-0.2, 0) is 9.59 Å². The molecule has 7 heteroatoms. The van der Waals surface area contributed by atoms with Crippen molar-refractivity contribution < 1.29 is 14.3 Å². The molecule has 2 aromatic rings. The summed E-state index contributed by atoms with van der Waals surface area (Å²) in [6.07, 6.45) is 4.74. The number of hydrogen-bond donors (Lipinski definition) is 2. The predicted octanol–water partition coefficient (Wildman–Crippen LogP) is 4.89. The first-order valence-corrected chi connectivity index (χ1v) is 11.2. The van der Waals surface area contributed by atoms with E-state index in [0.717, 1.165) is 17.9 Å². The zero-order chi connectivity index (χ0) is 21.2. The van der Waals surface area contributed by atoms with Crippen LogP contribution in [0.3, 0.4) is 0 Å². The number of thioether (sulfide) groups is 1. The number of para-hydroxylation sites is 1. The summed E-state index contributed by atoms with van der Waals surface area (Å²) in [5, 5.41) is 5.61. The minimum atomic E-state index is -0.488. The van der Waals surface area contributed by atoms with Crippen LogP contribution in [0.1, 0.15) is 39.0 Å². The highest BCUT2D eigenvalue weighted by molar-refractivity contribution is 8.15. The predicted molar refractivity (Wildman–Crippen MR) is 122 cm³/mol. The van der Waals surface area contributed by atoms with Crippen molar-refractivity contribution in [2.75, 3.05) is 11.9 Å². The van der Waals surface area contributed by atoms with Gasteiger partial charge in [-0.2, -0.15) is 0 Å². The molecular formula is C23H27N3O3S. The fourth-order valence-electron chi connectivity index (χ4n) is 2.95. The SMILES string of the molecule is CCCCCCOc1ccc(NC(=O)C[C@H]2SC(=Nc3ccccc3)NC2=O)cc1. The first kappa shape index (κ1) is 21.9. The molecular weight excluding hydrogens is 398 g/mol. The Kier molecular flexibility index (Phi) is 8.32. The number of benzene rings is 2. The normalized spacial score (nSPS) is 17.0. The van der Waals surface area contributed by atoms with Gasteiger partial charge in [-0.15, -0.1) is 0 Å². The van der Waals surface area contributed by atoms with E-state index in [1.165, 1.54) is 31.0 Å². The molecule has 0 radical (unpaired) electrons. The molecule has 1 aliphatic heterocycles. The number of carbonyl (C=O) groups is 2. The van der Waals surface area contributed by atoms with Crippen LogP contribution in [0.2, 0.25) is 0 Å². The van der Waals surface area contributed by atoms with E-state index < -0.39 is 5.25 Å². The Hall–Kier alpha value is -2.80. The molecule has 2 N–H and O–H groups in total. The van der Waals surface area contributed by atoms with Crippen LogP contribution in [0.5, 0.6) is 5.75 Å². The van der Waals surface area contributed by atoms with E-state index in [1.54, 1.807) is 0 Å². The third kappa shape index (κ3) is 6.91. The van der Waals surface area contributed by atoms with Crippen molar-refractivity contribution in [3.8, 4) is 5.75 Å². The molecule has 0 saturated carbocycles. The van der Waals surface area contributed by atoms with Crippen molar-refractivity contribution in [3.05, 3.63) is 54.6 Å². The molecule has 2 aromatic carbocycles. The van der Waals surface area contributed by atoms with Crippen LogP contribution < -0.4 is 15.4 Å². The van der Waals surface area contributed by atoms with Gasteiger partial charge in [0, 0.05) is 12.1 Å². The number of amidine groups is 1. The molecule has 1 fully saturated rings. The molecule has 1 heterocycles. The average molecular weight is 426 g/mol. The Morgan fingerprint density at radius 3 is 2.60 bits per heavy atom. The molecule has 0 aliphatic carbocycles. The molecule has 158 valence electrons. The third-order valence-electron chi connectivity index (χ3n) is 4.54. The molecule has 1 aliphatic rings. The fraction of sp³-hybridized carbons (Fsp3) is 0.348. The summed E-state index contributed by atoms with van der Waals surface area (Å²) in [6.45, 7) is 2.88. The Bertz CT molecular complexity index is 869. The van der Waals surface area contributed by atoms with E-state index >= 15 is 0 Å². The maximum absolute atomic E-state index is 12.4. The fourth-order valence-corrected chi connectivity index (χ4v) is 3.93. The van der Waals surface area contributed by atoms with E-state index in [1.807, 2.05) is 54.6 Å². The van der Waals surface area contributed by atoms with E-state index in [2.05, 4.69) is 22.5 Å². The smallest absolute Gasteiger partial charge is 0.240 e. The van der Waals surface area contributed by atoms with Crippen LogP contribution in [-0.4, -0.2) is 28.8 Å². The maximum atomic E-state index is 12.4. The van der Waals surface area contributed by atoms with Gasteiger partial charge in [-0.25, -0.2) is 4.99 Å². The van der Waals surface area contributed by atoms with Gasteiger partial charge in [0.25, 0.3) is 0 Å². The highest BCUT2D eigenvalue weighted by atomic mass is 32.2. The van der Waals surface area contributed by atoms with Crippen LogP contribution >= 0.6 is 11.8 Å². The van der Waals surface area contributed by atoms with Crippen LogP contribution in [0, 0.1) is 0 Å². The van der Waals surface area contributed by atoms with Gasteiger partial charge in [0.2, 0.25) is 11.8 Å². The Morgan fingerprint density at radius 1 is 1.10 bits per heavy atom. The molecule has 0 aromatic heterocycles. The van der Waals surface area contributed by atoms with Gasteiger partial charge < -0.3 is 15.4 Å². The van der Waals surface area contributed by atoms with Crippen molar-refractivity contribution in [2.45, 2.75) is 44.3 Å². The van der Waals surface area contributed by atoms with Gasteiger partial charge in [0.15, 0.2) is 5.17 Å². The molecule has 30 heavy (non-hydrogen) atoms. The van der Waals surface area contributed by atoms with E-state index in [9.17, 15) is 9.59 Å². The molecule has 6 nitrogen and oxygen atoms in total. The van der Waals surface area contributed by atoms with E-state index in [0.29, 0.717) is 17.5 Å². The number of ether oxygens (including phenoxy) is 1. The minimum absolute atomic E-state index is 0.0833. The van der Waals surface area contributed by atoms with Gasteiger partial charge in [-0.3, -0.25) is 9.59 Å². The number of nitrogens with one attached hydrogen (secondary N) is 2. The van der Waals surface area contributed by atoms with Crippen LogP contribution in [0.25, 0.3) is 0 Å². The monoisotopic (exact) mass is 425 g/mol. The molecule has 0 unspecified atom stereocenters. The number of hydrogen-bond acceptors (Lipinski definition) is 5. The quantitative estimate of drug-likeness (QED) is 0.531. The number of anilines is 1. The van der Waals surface area contributed by atoms with Gasteiger partial charge in [0.05, 0.1) is 12.3 Å². The number of unbranched alkanes of at least 4 members (excludes halogenated alkanes) is 3. The van der Waals surface area contributed by atoms with E-state index in [-0.39, 0.29) is 18.2 Å². The van der Waals surface area contributed by atoms with Crippen LogP contribution in [0.4, 0.5) is 11.4 Å². The topological polar surface area (TPSA) is 79.8 Å². The summed E-state index contributed by atoms with van der Waals surface area (Å²) in [5.41, 5.74) is 1.44. The highest BCUT2D eigenvalue weighted by Crippen LogP contribution is 2.25. The molecule has 3 rings (SSSR count). The van der Waals surface area contributed by atoms with Crippen molar-refractivity contribution in [2.24, 2.45) is 4.99 Å². The van der Waals surface area contributed by atoms with Crippen molar-refractivity contribution >= 4 is 40.1 Å². The van der Waals surface area contributed by atoms with E-state index in [4.69, 9.17) is 4.74 Å². The minimum Gasteiger partial charge on any atom is -0.494 e. The van der Waals surface area contributed by atoms with Crippen molar-refractivity contribution in [1.29, 1.82) is 0 Å². The lowest BCUT2D eigenvalue weighted by Gasteiger charge is -2.09. The van der Waals surface area contributed by atoms with Gasteiger partial charge >= 0.3 is 0 Å². The standard InChI is InChI=1S/C23H27N3O3S/c1-2-3-4-8-15-29-19-13-11-18(12-14-19)24-21(27)16-20-22(28)26-23(30-20)25-17-9-6-5-7-10-17/h5-7,9-14,20H,2-4,8,15-16H2,1H3,(H,24,27)(H,25,26,28)/t20-/m1/s1. The molecule has 0 bridgehead atoms. The second kappa shape index (κ2) is 11.4. The molecule has 1 saturated heterocycles. The summed E-state index contributed by atoms with van der Waals surface area (Å²) in [7, 11) is 0. The van der Waals surface area contributed by atoms with Crippen LogP contribution in [0.15, 0.2) is 59.6 Å². The van der Waals surface area contributed by atoms with Gasteiger partial charge in [-0.1, -0.05) is 56.1 Å². The molecule has 2 amide bonds. The Balaban J connectivity index is 1.45. The zero-order valence-electron chi connectivity index (χ0n) is 17.1. The second-order valence-corrected chi connectivity index (χ2v) is 8.23. The summed E-state index contributed by atoms with van der Waals surface area (Å²) in [5.74, 6) is 0.380. The number of carbonyl (C=O) groups excluding carboxylic acids is 2. The Labute approximate surface area is 181 Å². The summed E-state index contributed by atoms with van der Waals surface area (Å²) in [6, 6.07) is 16.7. The first-order valence-electron chi connectivity index (χ1n) is 10.3. The summed E-state index contributed by atoms with van der Waals surface area (Å²) < 4.78 is 5.71. The lowest BCUT2D eigenvalue weighted by atomic mass is 10.2. The molecule has 1 atom stereocenters. The number of rotatable bonds is 10. The largest absolute Gasteiger partial charge is 0.494 e. The second-order valence-electron chi connectivity index (χ2n) is 7.03. The third-order valence-corrected chi connectivity index (χ3v) is 5.62. The number of amides is 2. The van der Waals surface area contributed by atoms with Gasteiger partial charge in [-0.05, 0) is 42.8 Å². The summed E-state index contributed by atoms with van der Waals surface area (Å²) in [4.78, 5) is 28.9. The number of nitrogens with zero attached hydrogens (tertiary/aromatic N) is 1. The Morgan fingerprint density at radius 2 is 1.87 bits per heavy atom. The summed E-state index contributed by atoms with van der Waals surface area (Å²) >= 11 is 1.28.